The van der Waals surface area contributed by atoms with Crippen molar-refractivity contribution in [3.05, 3.63) is 23.9 Å². The molecular weight excluding hydrogens is 241 g/mol. The summed E-state index contributed by atoms with van der Waals surface area (Å²) in [5.74, 6) is 0.395. The Kier molecular flexibility index (Phi) is 4.99. The summed E-state index contributed by atoms with van der Waals surface area (Å²) in [4.78, 5) is 3.79. The Hall–Kier alpha value is -1.26. The fourth-order valence-corrected chi connectivity index (χ4v) is 1.81. The summed E-state index contributed by atoms with van der Waals surface area (Å²) >= 11 is 0. The molecular formula is C13H19F3N2. The van der Waals surface area contributed by atoms with E-state index in [4.69, 9.17) is 0 Å². The predicted octanol–water partition coefficient (Wildman–Crippen LogP) is 4.34. The van der Waals surface area contributed by atoms with Crippen molar-refractivity contribution in [3.8, 4) is 0 Å². The lowest BCUT2D eigenvalue weighted by atomic mass is 10.0. The van der Waals surface area contributed by atoms with Crippen LogP contribution < -0.4 is 5.32 Å². The largest absolute Gasteiger partial charge is 0.419 e. The fraction of sp³-hybridized carbons (Fsp3) is 0.615. The van der Waals surface area contributed by atoms with Crippen LogP contribution in [0, 0.1) is 5.92 Å². The van der Waals surface area contributed by atoms with Gasteiger partial charge in [0.05, 0.1) is 5.56 Å². The number of hydrogen-bond acceptors (Lipinski definition) is 2. The first-order chi connectivity index (χ1) is 8.34. The summed E-state index contributed by atoms with van der Waals surface area (Å²) in [6.07, 6.45) is -1.16. The van der Waals surface area contributed by atoms with Crippen LogP contribution in [0.2, 0.25) is 0 Å². The molecule has 1 rings (SSSR count). The summed E-state index contributed by atoms with van der Waals surface area (Å²) in [7, 11) is 0. The van der Waals surface area contributed by atoms with Gasteiger partial charge in [0.25, 0.3) is 0 Å². The molecule has 0 amide bonds. The molecule has 0 saturated heterocycles. The molecule has 0 aromatic carbocycles. The number of anilines is 1. The SMILES string of the molecule is CCC(C)CC(C)Nc1ncccc1C(F)(F)F. The molecule has 0 saturated carbocycles. The van der Waals surface area contributed by atoms with Gasteiger partial charge in [-0.25, -0.2) is 4.98 Å². The van der Waals surface area contributed by atoms with E-state index in [9.17, 15) is 13.2 Å². The van der Waals surface area contributed by atoms with Gasteiger partial charge in [-0.05, 0) is 31.4 Å². The van der Waals surface area contributed by atoms with Crippen molar-refractivity contribution in [1.29, 1.82) is 0 Å². The van der Waals surface area contributed by atoms with Gasteiger partial charge in [-0.3, -0.25) is 0 Å². The molecule has 0 aliphatic heterocycles. The van der Waals surface area contributed by atoms with Gasteiger partial charge in [-0.15, -0.1) is 0 Å². The molecule has 0 fully saturated rings. The Morgan fingerprint density at radius 2 is 2.00 bits per heavy atom. The maximum atomic E-state index is 12.7. The number of aromatic nitrogens is 1. The Balaban J connectivity index is 2.78. The van der Waals surface area contributed by atoms with Gasteiger partial charge in [0.15, 0.2) is 0 Å². The second kappa shape index (κ2) is 6.07. The quantitative estimate of drug-likeness (QED) is 0.852. The van der Waals surface area contributed by atoms with E-state index in [1.54, 1.807) is 0 Å². The summed E-state index contributed by atoms with van der Waals surface area (Å²) in [5, 5.41) is 2.85. The number of halogens is 3. The molecule has 2 atom stereocenters. The third kappa shape index (κ3) is 4.20. The van der Waals surface area contributed by atoms with E-state index in [2.05, 4.69) is 24.1 Å². The highest BCUT2D eigenvalue weighted by atomic mass is 19.4. The minimum atomic E-state index is -4.37. The number of hydrogen-bond donors (Lipinski definition) is 1. The number of rotatable bonds is 5. The summed E-state index contributed by atoms with van der Waals surface area (Å²) < 4.78 is 38.2. The maximum absolute atomic E-state index is 12.7. The molecule has 1 heterocycles. The van der Waals surface area contributed by atoms with Gasteiger partial charge >= 0.3 is 6.18 Å². The van der Waals surface area contributed by atoms with Crippen LogP contribution in [0.25, 0.3) is 0 Å². The van der Waals surface area contributed by atoms with Crippen molar-refractivity contribution >= 4 is 5.82 Å². The lowest BCUT2D eigenvalue weighted by Crippen LogP contribution is -2.21. The molecule has 0 aliphatic rings. The van der Waals surface area contributed by atoms with Crippen LogP contribution in [0.3, 0.4) is 0 Å². The average Bonchev–Trinajstić information content (AvgIpc) is 2.27. The van der Waals surface area contributed by atoms with E-state index in [1.807, 2.05) is 6.92 Å². The maximum Gasteiger partial charge on any atom is 0.419 e. The Morgan fingerprint density at radius 1 is 1.33 bits per heavy atom. The van der Waals surface area contributed by atoms with Crippen LogP contribution in [0.4, 0.5) is 19.0 Å². The van der Waals surface area contributed by atoms with Gasteiger partial charge in [-0.1, -0.05) is 20.3 Å². The Morgan fingerprint density at radius 3 is 2.56 bits per heavy atom. The molecule has 0 aliphatic carbocycles. The second-order valence-electron chi connectivity index (χ2n) is 4.69. The minimum Gasteiger partial charge on any atom is -0.367 e. The molecule has 5 heteroatoms. The number of nitrogens with zero attached hydrogens (tertiary/aromatic N) is 1. The molecule has 0 spiro atoms. The van der Waals surface area contributed by atoms with Gasteiger partial charge < -0.3 is 5.32 Å². The zero-order chi connectivity index (χ0) is 13.8. The van der Waals surface area contributed by atoms with Crippen LogP contribution in [-0.2, 0) is 6.18 Å². The zero-order valence-corrected chi connectivity index (χ0v) is 10.9. The lowest BCUT2D eigenvalue weighted by molar-refractivity contribution is -0.137. The second-order valence-corrected chi connectivity index (χ2v) is 4.69. The topological polar surface area (TPSA) is 24.9 Å². The van der Waals surface area contributed by atoms with Crippen LogP contribution in [0.5, 0.6) is 0 Å². The van der Waals surface area contributed by atoms with Crippen molar-refractivity contribution in [2.45, 2.75) is 45.8 Å². The van der Waals surface area contributed by atoms with Gasteiger partial charge in [-0.2, -0.15) is 13.2 Å². The standard InChI is InChI=1S/C13H19F3N2/c1-4-9(2)8-10(3)18-12-11(13(14,15)16)6-5-7-17-12/h5-7,9-10H,4,8H2,1-3H3,(H,17,18). The average molecular weight is 260 g/mol. The molecule has 2 nitrogen and oxygen atoms in total. The zero-order valence-electron chi connectivity index (χ0n) is 10.9. The first-order valence-corrected chi connectivity index (χ1v) is 6.13. The Bertz CT molecular complexity index is 377. The molecule has 1 aromatic heterocycles. The van der Waals surface area contributed by atoms with Crippen LogP contribution >= 0.6 is 0 Å². The summed E-state index contributed by atoms with van der Waals surface area (Å²) in [5.41, 5.74) is -0.707. The van der Waals surface area contributed by atoms with Crippen molar-refractivity contribution < 1.29 is 13.2 Å². The first-order valence-electron chi connectivity index (χ1n) is 6.13. The van der Waals surface area contributed by atoms with Crippen molar-refractivity contribution in [2.75, 3.05) is 5.32 Å². The van der Waals surface area contributed by atoms with Crippen molar-refractivity contribution in [1.82, 2.24) is 4.98 Å². The summed E-state index contributed by atoms with van der Waals surface area (Å²) in [6, 6.07) is 2.31. The fourth-order valence-electron chi connectivity index (χ4n) is 1.81. The smallest absolute Gasteiger partial charge is 0.367 e. The number of nitrogens with one attached hydrogen (secondary N) is 1. The van der Waals surface area contributed by atoms with Gasteiger partial charge in [0, 0.05) is 12.2 Å². The predicted molar refractivity (Wildman–Crippen MR) is 66.4 cm³/mol. The van der Waals surface area contributed by atoms with Crippen LogP contribution in [0.1, 0.15) is 39.2 Å². The van der Waals surface area contributed by atoms with E-state index >= 15 is 0 Å². The molecule has 1 N–H and O–H groups in total. The third-order valence-corrected chi connectivity index (χ3v) is 2.95. The molecule has 2 unspecified atom stereocenters. The molecule has 102 valence electrons. The third-order valence-electron chi connectivity index (χ3n) is 2.95. The first kappa shape index (κ1) is 14.8. The van der Waals surface area contributed by atoms with E-state index in [1.165, 1.54) is 12.3 Å². The molecule has 18 heavy (non-hydrogen) atoms. The minimum absolute atomic E-state index is 0.0315. The van der Waals surface area contributed by atoms with Crippen molar-refractivity contribution in [3.63, 3.8) is 0 Å². The van der Waals surface area contributed by atoms with E-state index in [0.717, 1.165) is 18.9 Å². The Labute approximate surface area is 106 Å². The lowest BCUT2D eigenvalue weighted by Gasteiger charge is -2.20. The highest BCUT2D eigenvalue weighted by molar-refractivity contribution is 5.46. The molecule has 1 aromatic rings. The monoisotopic (exact) mass is 260 g/mol. The van der Waals surface area contributed by atoms with Gasteiger partial charge in [0.1, 0.15) is 5.82 Å². The van der Waals surface area contributed by atoms with E-state index in [-0.39, 0.29) is 11.9 Å². The highest BCUT2D eigenvalue weighted by Gasteiger charge is 2.34. The summed E-state index contributed by atoms with van der Waals surface area (Å²) in [6.45, 7) is 6.03. The highest BCUT2D eigenvalue weighted by Crippen LogP contribution is 2.33. The molecule has 0 radical (unpaired) electrons. The van der Waals surface area contributed by atoms with E-state index in [0.29, 0.717) is 5.92 Å². The van der Waals surface area contributed by atoms with Crippen LogP contribution in [-0.4, -0.2) is 11.0 Å². The van der Waals surface area contributed by atoms with E-state index < -0.39 is 11.7 Å². The van der Waals surface area contributed by atoms with Crippen LogP contribution in [0.15, 0.2) is 18.3 Å². The number of pyridine rings is 1. The normalized spacial score (nSPS) is 15.2. The van der Waals surface area contributed by atoms with Gasteiger partial charge in [0.2, 0.25) is 0 Å². The van der Waals surface area contributed by atoms with Crippen molar-refractivity contribution in [2.24, 2.45) is 5.92 Å². The number of alkyl halides is 3. The molecule has 0 bridgehead atoms.